The number of benzene rings is 2. The van der Waals surface area contributed by atoms with Crippen LogP contribution in [-0.2, 0) is 18.3 Å². The van der Waals surface area contributed by atoms with Gasteiger partial charge in [0.25, 0.3) is 0 Å². The van der Waals surface area contributed by atoms with Crippen LogP contribution in [0.2, 0.25) is 5.15 Å². The van der Waals surface area contributed by atoms with Crippen molar-refractivity contribution in [2.75, 3.05) is 18.2 Å². The molecule has 0 radical (unpaired) electrons. The molecule has 39 heavy (non-hydrogen) atoms. The third-order valence-electron chi connectivity index (χ3n) is 6.59. The van der Waals surface area contributed by atoms with Crippen LogP contribution >= 0.6 is 11.6 Å². The molecule has 0 aliphatic heterocycles. The molecule has 0 saturated heterocycles. The SMILES string of the molecule is COc1cc(-c2nn(-c3ccnc(Cl)c3)c3ncnc(N)c23)ccc1NC(=O)Cc1cc2ccccc2n1C. The summed E-state index contributed by atoms with van der Waals surface area (Å²) in [7, 11) is 3.50. The summed E-state index contributed by atoms with van der Waals surface area (Å²) in [6.45, 7) is 0. The number of halogens is 1. The number of hydrogen-bond donors (Lipinski definition) is 2. The van der Waals surface area contributed by atoms with Crippen molar-refractivity contribution < 1.29 is 9.53 Å². The largest absolute Gasteiger partial charge is 0.495 e. The molecule has 2 aromatic carbocycles. The summed E-state index contributed by atoms with van der Waals surface area (Å²) >= 11 is 6.12. The van der Waals surface area contributed by atoms with Gasteiger partial charge < -0.3 is 20.4 Å². The van der Waals surface area contributed by atoms with Crippen LogP contribution in [0.1, 0.15) is 5.69 Å². The van der Waals surface area contributed by atoms with E-state index in [2.05, 4.69) is 20.3 Å². The van der Waals surface area contributed by atoms with Crippen molar-refractivity contribution in [2.24, 2.45) is 7.05 Å². The van der Waals surface area contributed by atoms with Gasteiger partial charge in [0.15, 0.2) is 5.65 Å². The first-order chi connectivity index (χ1) is 18.9. The Morgan fingerprint density at radius 3 is 2.72 bits per heavy atom. The summed E-state index contributed by atoms with van der Waals surface area (Å²) in [5.41, 5.74) is 11.3. The molecule has 0 saturated carbocycles. The monoisotopic (exact) mass is 538 g/mol. The number of methoxy groups -OCH3 is 1. The van der Waals surface area contributed by atoms with Gasteiger partial charge in [0.2, 0.25) is 5.91 Å². The summed E-state index contributed by atoms with van der Waals surface area (Å²) in [5, 5.41) is 9.76. The molecule has 0 atom stereocenters. The second-order valence-electron chi connectivity index (χ2n) is 8.95. The first-order valence-corrected chi connectivity index (χ1v) is 12.4. The molecule has 4 heterocycles. The number of rotatable bonds is 6. The van der Waals surface area contributed by atoms with Crippen LogP contribution in [0, 0.1) is 0 Å². The number of anilines is 2. The lowest BCUT2D eigenvalue weighted by Gasteiger charge is -2.12. The molecule has 0 unspecified atom stereocenters. The highest BCUT2D eigenvalue weighted by Crippen LogP contribution is 2.36. The molecule has 194 valence electrons. The van der Waals surface area contributed by atoms with Crippen LogP contribution in [0.3, 0.4) is 0 Å². The predicted molar refractivity (Wildman–Crippen MR) is 151 cm³/mol. The van der Waals surface area contributed by atoms with Crippen molar-refractivity contribution >= 4 is 50.9 Å². The first kappa shape index (κ1) is 24.4. The minimum atomic E-state index is -0.158. The third-order valence-corrected chi connectivity index (χ3v) is 6.80. The molecule has 4 aromatic heterocycles. The van der Waals surface area contributed by atoms with Gasteiger partial charge in [-0.2, -0.15) is 5.10 Å². The summed E-state index contributed by atoms with van der Waals surface area (Å²) in [5.74, 6) is 0.601. The highest BCUT2D eigenvalue weighted by atomic mass is 35.5. The Balaban J connectivity index is 1.34. The van der Waals surface area contributed by atoms with E-state index in [-0.39, 0.29) is 18.1 Å². The zero-order valence-corrected chi connectivity index (χ0v) is 21.8. The van der Waals surface area contributed by atoms with Crippen LogP contribution in [0.5, 0.6) is 5.75 Å². The number of fused-ring (bicyclic) bond motifs is 2. The van der Waals surface area contributed by atoms with E-state index >= 15 is 0 Å². The van der Waals surface area contributed by atoms with E-state index in [0.29, 0.717) is 44.6 Å². The van der Waals surface area contributed by atoms with E-state index in [1.54, 1.807) is 42.3 Å². The maximum Gasteiger partial charge on any atom is 0.230 e. The fourth-order valence-corrected chi connectivity index (χ4v) is 4.87. The molecular weight excluding hydrogens is 516 g/mol. The lowest BCUT2D eigenvalue weighted by Crippen LogP contribution is -2.16. The predicted octanol–water partition coefficient (Wildman–Crippen LogP) is 4.79. The molecule has 10 nitrogen and oxygen atoms in total. The molecule has 6 rings (SSSR count). The molecule has 0 aliphatic carbocycles. The van der Waals surface area contributed by atoms with Gasteiger partial charge in [-0.1, -0.05) is 35.9 Å². The number of aryl methyl sites for hydroxylation is 1. The molecule has 0 fully saturated rings. The molecule has 6 aromatic rings. The van der Waals surface area contributed by atoms with Crippen LogP contribution in [-0.4, -0.2) is 42.3 Å². The first-order valence-electron chi connectivity index (χ1n) is 12.1. The Kier molecular flexibility index (Phi) is 6.08. The number of hydrogen-bond acceptors (Lipinski definition) is 7. The zero-order valence-electron chi connectivity index (χ0n) is 21.1. The Morgan fingerprint density at radius 1 is 1.08 bits per heavy atom. The lowest BCUT2D eigenvalue weighted by atomic mass is 10.1. The van der Waals surface area contributed by atoms with Crippen molar-refractivity contribution in [1.82, 2.24) is 29.3 Å². The van der Waals surface area contributed by atoms with Gasteiger partial charge in [-0.3, -0.25) is 4.79 Å². The fraction of sp³-hybridized carbons (Fsp3) is 0.107. The summed E-state index contributed by atoms with van der Waals surface area (Å²) in [6.07, 6.45) is 3.19. The van der Waals surface area contributed by atoms with Crippen molar-refractivity contribution in [3.05, 3.63) is 84.0 Å². The average Bonchev–Trinajstić information content (AvgIpc) is 3.48. The Bertz CT molecular complexity index is 1880. The van der Waals surface area contributed by atoms with Gasteiger partial charge in [0.1, 0.15) is 28.7 Å². The lowest BCUT2D eigenvalue weighted by molar-refractivity contribution is -0.115. The molecular formula is C28H23ClN8O2. The van der Waals surface area contributed by atoms with E-state index < -0.39 is 0 Å². The van der Waals surface area contributed by atoms with Gasteiger partial charge in [0.05, 0.1) is 30.3 Å². The minimum Gasteiger partial charge on any atom is -0.495 e. The number of nitrogen functional groups attached to an aromatic ring is 1. The fourth-order valence-electron chi connectivity index (χ4n) is 4.70. The van der Waals surface area contributed by atoms with Crippen molar-refractivity contribution in [1.29, 1.82) is 0 Å². The Labute approximate surface area is 228 Å². The Hall–Kier alpha value is -4.96. The van der Waals surface area contributed by atoms with Gasteiger partial charge in [-0.05, 0) is 35.7 Å². The summed E-state index contributed by atoms with van der Waals surface area (Å²) in [6, 6.07) is 18.9. The molecule has 1 amide bonds. The number of amides is 1. The topological polar surface area (TPSA) is 126 Å². The quantitative estimate of drug-likeness (QED) is 0.292. The van der Waals surface area contributed by atoms with E-state index in [9.17, 15) is 4.79 Å². The molecule has 0 bridgehead atoms. The van der Waals surface area contributed by atoms with Gasteiger partial charge in [-0.25, -0.2) is 19.6 Å². The van der Waals surface area contributed by atoms with Crippen LogP contribution in [0.15, 0.2) is 73.2 Å². The van der Waals surface area contributed by atoms with Crippen molar-refractivity contribution in [3.8, 4) is 22.7 Å². The summed E-state index contributed by atoms with van der Waals surface area (Å²) < 4.78 is 9.31. The molecule has 0 aliphatic rings. The van der Waals surface area contributed by atoms with Crippen molar-refractivity contribution in [3.63, 3.8) is 0 Å². The standard InChI is InChI=1S/C28H23ClN8O2/c1-36-19(11-16-5-3-4-6-21(16)36)14-24(38)34-20-8-7-17(12-22(20)39-2)26-25-27(30)32-15-33-28(25)37(35-26)18-9-10-31-23(29)13-18/h3-13,15H,14H2,1-2H3,(H,34,38)(H2,30,32,33). The number of para-hydroxylation sites is 1. The third kappa shape index (κ3) is 4.40. The van der Waals surface area contributed by atoms with E-state index in [1.165, 1.54) is 6.33 Å². The maximum atomic E-state index is 13.0. The number of pyridine rings is 1. The second-order valence-corrected chi connectivity index (χ2v) is 9.34. The van der Waals surface area contributed by atoms with Gasteiger partial charge >= 0.3 is 0 Å². The second kappa shape index (κ2) is 9.73. The van der Waals surface area contributed by atoms with Gasteiger partial charge in [-0.15, -0.1) is 0 Å². The zero-order chi connectivity index (χ0) is 27.1. The molecule has 3 N–H and O–H groups in total. The van der Waals surface area contributed by atoms with Crippen molar-refractivity contribution in [2.45, 2.75) is 6.42 Å². The number of nitrogens with two attached hydrogens (primary N) is 1. The average molecular weight is 539 g/mol. The normalized spacial score (nSPS) is 11.3. The van der Waals surface area contributed by atoms with Crippen LogP contribution in [0.4, 0.5) is 11.5 Å². The number of carbonyl (C=O) groups is 1. The highest BCUT2D eigenvalue weighted by Gasteiger charge is 2.20. The summed E-state index contributed by atoms with van der Waals surface area (Å²) in [4.78, 5) is 25.6. The van der Waals surface area contributed by atoms with E-state index in [0.717, 1.165) is 16.6 Å². The van der Waals surface area contributed by atoms with E-state index in [1.807, 2.05) is 48.0 Å². The van der Waals surface area contributed by atoms with Crippen LogP contribution in [0.25, 0.3) is 38.9 Å². The smallest absolute Gasteiger partial charge is 0.230 e. The highest BCUT2D eigenvalue weighted by molar-refractivity contribution is 6.29. The number of carbonyl (C=O) groups excluding carboxylic acids is 1. The minimum absolute atomic E-state index is 0.158. The number of nitrogens with one attached hydrogen (secondary N) is 1. The maximum absolute atomic E-state index is 13.0. The number of aromatic nitrogens is 6. The van der Waals surface area contributed by atoms with E-state index in [4.69, 9.17) is 27.2 Å². The van der Waals surface area contributed by atoms with Gasteiger partial charge in [0, 0.05) is 36.1 Å². The number of ether oxygens (including phenoxy) is 1. The molecule has 11 heteroatoms. The Morgan fingerprint density at radius 2 is 1.92 bits per heavy atom. The van der Waals surface area contributed by atoms with Crippen LogP contribution < -0.4 is 15.8 Å². The number of nitrogens with zero attached hydrogens (tertiary/aromatic N) is 6. The molecule has 0 spiro atoms.